The molecule has 5 rings (SSSR count). The summed E-state index contributed by atoms with van der Waals surface area (Å²) in [6.45, 7) is 9.05. The molecule has 1 unspecified atom stereocenters. The van der Waals surface area contributed by atoms with Crippen molar-refractivity contribution in [2.75, 3.05) is 29.4 Å². The van der Waals surface area contributed by atoms with Gasteiger partial charge in [0.2, 0.25) is 5.91 Å². The van der Waals surface area contributed by atoms with Crippen LogP contribution >= 0.6 is 0 Å². The van der Waals surface area contributed by atoms with E-state index in [1.807, 2.05) is 78.7 Å². The van der Waals surface area contributed by atoms with Gasteiger partial charge >= 0.3 is 6.03 Å². The zero-order valence-corrected chi connectivity index (χ0v) is 26.4. The van der Waals surface area contributed by atoms with E-state index in [1.54, 1.807) is 19.4 Å². The molecule has 1 atom stereocenters. The summed E-state index contributed by atoms with van der Waals surface area (Å²) in [5, 5.41) is 17.5. The van der Waals surface area contributed by atoms with Crippen LogP contribution in [-0.4, -0.2) is 42.5 Å². The van der Waals surface area contributed by atoms with Crippen molar-refractivity contribution in [3.63, 3.8) is 0 Å². The molecule has 10 nitrogen and oxygen atoms in total. The Bertz CT molecular complexity index is 1700. The van der Waals surface area contributed by atoms with Gasteiger partial charge in [0.05, 0.1) is 24.4 Å². The number of nitrogens with one attached hydrogen (secondary N) is 3. The lowest BCUT2D eigenvalue weighted by Crippen LogP contribution is -2.45. The standard InChI is InChI=1S/C35H40N6O4/c1-23-10-12-25(13-11-23)41-32(21-30(40-41)35(2,3)4)39-34(43)37-28-14-15-29(27-9-7-6-8-26(27)28)45-22-24-16-18-36-31(20-24)38-33(42)17-19-44-5/h6-16,18,20,32H,17,19,21-22H2,1-5H3,(H,36,38,42)(H2,37,39,43). The third-order valence-electron chi connectivity index (χ3n) is 7.52. The Balaban J connectivity index is 1.28. The van der Waals surface area contributed by atoms with E-state index in [-0.39, 0.29) is 36.5 Å². The van der Waals surface area contributed by atoms with Crippen LogP contribution in [0.25, 0.3) is 10.8 Å². The molecule has 3 N–H and O–H groups in total. The normalized spacial score (nSPS) is 14.6. The maximum Gasteiger partial charge on any atom is 0.320 e. The van der Waals surface area contributed by atoms with Gasteiger partial charge in [0.1, 0.15) is 24.3 Å². The molecule has 3 aromatic carbocycles. The Labute approximate surface area is 263 Å². The summed E-state index contributed by atoms with van der Waals surface area (Å²) in [6.07, 6.45) is 2.17. The summed E-state index contributed by atoms with van der Waals surface area (Å²) in [4.78, 5) is 29.7. The predicted molar refractivity (Wildman–Crippen MR) is 179 cm³/mol. The molecule has 3 amide bonds. The fraction of sp³-hybridized carbons (Fsp3) is 0.314. The molecule has 45 heavy (non-hydrogen) atoms. The first kappa shape index (κ1) is 31.5. The number of benzene rings is 3. The summed E-state index contributed by atoms with van der Waals surface area (Å²) in [5.74, 6) is 0.956. The van der Waals surface area contributed by atoms with Gasteiger partial charge in [0, 0.05) is 41.6 Å². The second-order valence-electron chi connectivity index (χ2n) is 12.1. The van der Waals surface area contributed by atoms with Gasteiger partial charge in [0.15, 0.2) is 0 Å². The zero-order valence-electron chi connectivity index (χ0n) is 26.4. The number of hydrogen-bond donors (Lipinski definition) is 3. The number of urea groups is 1. The fourth-order valence-corrected chi connectivity index (χ4v) is 5.02. The number of pyridine rings is 1. The number of carbonyl (C=O) groups excluding carboxylic acids is 2. The van der Waals surface area contributed by atoms with Gasteiger partial charge in [-0.3, -0.25) is 4.79 Å². The lowest BCUT2D eigenvalue weighted by atomic mass is 9.88. The maximum atomic E-state index is 13.4. The topological polar surface area (TPSA) is 117 Å². The van der Waals surface area contributed by atoms with E-state index in [4.69, 9.17) is 14.6 Å². The van der Waals surface area contributed by atoms with Gasteiger partial charge in [-0.05, 0) is 48.9 Å². The minimum absolute atomic E-state index is 0.127. The van der Waals surface area contributed by atoms with Crippen LogP contribution in [0.15, 0.2) is 84.1 Å². The second kappa shape index (κ2) is 13.8. The van der Waals surface area contributed by atoms with Crippen molar-refractivity contribution in [1.82, 2.24) is 10.3 Å². The summed E-state index contributed by atoms with van der Waals surface area (Å²) < 4.78 is 11.2. The second-order valence-corrected chi connectivity index (χ2v) is 12.1. The van der Waals surface area contributed by atoms with Gasteiger partial charge in [0.25, 0.3) is 0 Å². The summed E-state index contributed by atoms with van der Waals surface area (Å²) >= 11 is 0. The number of anilines is 3. The van der Waals surface area contributed by atoms with Gasteiger partial charge in [-0.1, -0.05) is 62.7 Å². The van der Waals surface area contributed by atoms with Crippen molar-refractivity contribution in [3.8, 4) is 5.75 Å². The number of aromatic nitrogens is 1. The van der Waals surface area contributed by atoms with Crippen LogP contribution in [0.3, 0.4) is 0 Å². The number of fused-ring (bicyclic) bond motifs is 1. The SMILES string of the molecule is COCCC(=O)Nc1cc(COc2ccc(NC(=O)NC3CC(C(C)(C)C)=NN3c3ccc(C)cc3)c3ccccc23)ccn1. The third kappa shape index (κ3) is 7.96. The van der Waals surface area contributed by atoms with E-state index in [9.17, 15) is 9.59 Å². The molecule has 0 fully saturated rings. The van der Waals surface area contributed by atoms with Crippen LogP contribution in [0.4, 0.5) is 22.0 Å². The summed E-state index contributed by atoms with van der Waals surface area (Å²) in [7, 11) is 1.55. The van der Waals surface area contributed by atoms with Crippen LogP contribution < -0.4 is 25.7 Å². The van der Waals surface area contributed by atoms with Gasteiger partial charge in [-0.25, -0.2) is 14.8 Å². The largest absolute Gasteiger partial charge is 0.488 e. The highest BCUT2D eigenvalue weighted by Gasteiger charge is 2.34. The predicted octanol–water partition coefficient (Wildman–Crippen LogP) is 6.86. The van der Waals surface area contributed by atoms with E-state index >= 15 is 0 Å². The van der Waals surface area contributed by atoms with Crippen molar-refractivity contribution in [2.45, 2.75) is 53.3 Å². The monoisotopic (exact) mass is 608 g/mol. The van der Waals surface area contributed by atoms with Crippen molar-refractivity contribution in [2.24, 2.45) is 10.5 Å². The maximum absolute atomic E-state index is 13.4. The van der Waals surface area contributed by atoms with Crippen LogP contribution in [-0.2, 0) is 16.1 Å². The highest BCUT2D eigenvalue weighted by Crippen LogP contribution is 2.33. The molecule has 0 spiro atoms. The number of hydrogen-bond acceptors (Lipinski definition) is 7. The Morgan fingerprint density at radius 3 is 2.47 bits per heavy atom. The van der Waals surface area contributed by atoms with Crippen molar-refractivity contribution in [3.05, 3.63) is 90.1 Å². The van der Waals surface area contributed by atoms with Gasteiger partial charge in [-0.2, -0.15) is 5.10 Å². The molecule has 1 aliphatic heterocycles. The molecule has 0 aliphatic carbocycles. The Hall–Kier alpha value is -4.96. The molecule has 0 saturated heterocycles. The summed E-state index contributed by atoms with van der Waals surface area (Å²) in [5.41, 5.74) is 4.49. The van der Waals surface area contributed by atoms with Gasteiger partial charge < -0.3 is 25.4 Å². The van der Waals surface area contributed by atoms with Crippen LogP contribution in [0.1, 0.15) is 44.7 Å². The minimum atomic E-state index is -0.328. The van der Waals surface area contributed by atoms with Crippen LogP contribution in [0.5, 0.6) is 5.75 Å². The number of methoxy groups -OCH3 is 1. The smallest absolute Gasteiger partial charge is 0.320 e. The third-order valence-corrected chi connectivity index (χ3v) is 7.52. The number of rotatable bonds is 10. The molecule has 234 valence electrons. The molecule has 1 aromatic heterocycles. The minimum Gasteiger partial charge on any atom is -0.488 e. The Morgan fingerprint density at radius 1 is 0.978 bits per heavy atom. The average Bonchev–Trinajstić information content (AvgIpc) is 3.44. The number of ether oxygens (including phenoxy) is 2. The highest BCUT2D eigenvalue weighted by atomic mass is 16.5. The Morgan fingerprint density at radius 2 is 1.73 bits per heavy atom. The van der Waals surface area contributed by atoms with Gasteiger partial charge in [-0.15, -0.1) is 0 Å². The van der Waals surface area contributed by atoms with Crippen molar-refractivity contribution in [1.29, 1.82) is 0 Å². The molecular formula is C35H40N6O4. The lowest BCUT2D eigenvalue weighted by Gasteiger charge is -2.25. The Kier molecular flexibility index (Phi) is 9.63. The number of nitrogens with zero attached hydrogens (tertiary/aromatic N) is 3. The molecule has 0 bridgehead atoms. The van der Waals surface area contributed by atoms with E-state index in [1.165, 1.54) is 0 Å². The first-order valence-electron chi connectivity index (χ1n) is 15.0. The van der Waals surface area contributed by atoms with E-state index in [2.05, 4.69) is 41.7 Å². The first-order chi connectivity index (χ1) is 21.6. The molecule has 0 radical (unpaired) electrons. The molecule has 4 aromatic rings. The highest BCUT2D eigenvalue weighted by molar-refractivity contribution is 6.04. The number of aryl methyl sites for hydroxylation is 1. The van der Waals surface area contributed by atoms with Crippen molar-refractivity contribution >= 4 is 45.6 Å². The quantitative estimate of drug-likeness (QED) is 0.181. The van der Waals surface area contributed by atoms with Crippen LogP contribution in [0, 0.1) is 12.3 Å². The van der Waals surface area contributed by atoms with E-state index in [0.29, 0.717) is 30.3 Å². The molecular weight excluding hydrogens is 568 g/mol. The summed E-state index contributed by atoms with van der Waals surface area (Å²) in [6, 6.07) is 22.9. The van der Waals surface area contributed by atoms with Crippen molar-refractivity contribution < 1.29 is 19.1 Å². The molecule has 2 heterocycles. The lowest BCUT2D eigenvalue weighted by molar-refractivity contribution is -0.117. The van der Waals surface area contributed by atoms with E-state index < -0.39 is 0 Å². The number of amides is 3. The number of carbonyl (C=O) groups is 2. The molecule has 10 heteroatoms. The average molecular weight is 609 g/mol. The van der Waals surface area contributed by atoms with E-state index in [0.717, 1.165) is 33.3 Å². The molecule has 0 saturated carbocycles. The molecule has 1 aliphatic rings. The fourth-order valence-electron chi connectivity index (χ4n) is 5.02. The van der Waals surface area contributed by atoms with Crippen LogP contribution in [0.2, 0.25) is 0 Å². The zero-order chi connectivity index (χ0) is 32.0. The number of hydrazone groups is 1. The first-order valence-corrected chi connectivity index (χ1v) is 15.0.